The zero-order valence-electron chi connectivity index (χ0n) is 15.6. The quantitative estimate of drug-likeness (QED) is 0.416. The molecule has 0 saturated heterocycles. The van der Waals surface area contributed by atoms with E-state index in [-0.39, 0.29) is 0 Å². The predicted molar refractivity (Wildman–Crippen MR) is 115 cm³/mol. The molecule has 29 heavy (non-hydrogen) atoms. The van der Waals surface area contributed by atoms with Crippen molar-refractivity contribution in [2.75, 3.05) is 4.31 Å². The number of halogens is 1. The van der Waals surface area contributed by atoms with Crippen LogP contribution in [0.5, 0.6) is 0 Å². The third-order valence-corrected chi connectivity index (χ3v) is 5.88. The van der Waals surface area contributed by atoms with Crippen molar-refractivity contribution in [2.45, 2.75) is 26.4 Å². The van der Waals surface area contributed by atoms with Crippen LogP contribution >= 0.6 is 27.3 Å². The van der Waals surface area contributed by atoms with Gasteiger partial charge in [-0.1, -0.05) is 0 Å². The number of fused-ring (bicyclic) bond motifs is 2. The van der Waals surface area contributed by atoms with E-state index in [9.17, 15) is 13.6 Å². The Hall–Kier alpha value is -2.28. The zero-order chi connectivity index (χ0) is 20.9. The maximum Gasteiger partial charge on any atom is 0.435 e. The predicted octanol–water partition coefficient (Wildman–Crippen LogP) is 4.57. The van der Waals surface area contributed by atoms with E-state index >= 15 is 0 Å². The number of carbonyl (C=O) groups excluding carboxylic acids is 1. The van der Waals surface area contributed by atoms with Gasteiger partial charge in [0.1, 0.15) is 5.60 Å². The summed E-state index contributed by atoms with van der Waals surface area (Å²) in [5.74, 6) is 0.393. The number of hydrogen-bond acceptors (Lipinski definition) is 6. The summed E-state index contributed by atoms with van der Waals surface area (Å²) in [6, 6.07) is 5.01. The van der Waals surface area contributed by atoms with Crippen molar-refractivity contribution < 1.29 is 18.3 Å². The minimum atomic E-state index is -2.40. The molecule has 4 aromatic rings. The lowest BCUT2D eigenvalue weighted by atomic mass is 10.2. The van der Waals surface area contributed by atoms with Crippen LogP contribution < -0.4 is 4.31 Å². The Morgan fingerprint density at radius 3 is 2.83 bits per heavy atom. The van der Waals surface area contributed by atoms with Gasteiger partial charge in [-0.2, -0.15) is 9.78 Å². The number of benzene rings is 1. The van der Waals surface area contributed by atoms with Gasteiger partial charge >= 0.3 is 6.09 Å². The smallest absolute Gasteiger partial charge is 0.435 e. The summed E-state index contributed by atoms with van der Waals surface area (Å²) < 4.78 is 32.2. The third-order valence-electron chi connectivity index (χ3n) is 3.90. The Morgan fingerprint density at radius 2 is 2.14 bits per heavy atom. The van der Waals surface area contributed by atoms with Crippen LogP contribution in [0.1, 0.15) is 20.8 Å². The fourth-order valence-electron chi connectivity index (χ4n) is 2.80. The van der Waals surface area contributed by atoms with E-state index in [2.05, 4.69) is 26.0 Å². The fraction of sp³-hybridized carbons (Fsp3) is 0.235. The summed E-state index contributed by atoms with van der Waals surface area (Å²) in [6.07, 6.45) is 2.66. The van der Waals surface area contributed by atoms with E-state index in [1.165, 1.54) is 21.8 Å². The van der Waals surface area contributed by atoms with E-state index in [0.717, 1.165) is 4.68 Å². The summed E-state index contributed by atoms with van der Waals surface area (Å²) in [7, 11) is 0. The van der Waals surface area contributed by atoms with Crippen LogP contribution in [-0.4, -0.2) is 39.6 Å². The fourth-order valence-corrected chi connectivity index (χ4v) is 4.90. The summed E-state index contributed by atoms with van der Waals surface area (Å²) in [6.45, 7) is 5.30. The van der Waals surface area contributed by atoms with Gasteiger partial charge < -0.3 is 4.74 Å². The minimum absolute atomic E-state index is 0.386. The van der Waals surface area contributed by atoms with Gasteiger partial charge in [0, 0.05) is 17.0 Å². The normalized spacial score (nSPS) is 13.1. The molecule has 1 atom stereocenters. The number of nitrogens with zero attached hydrogens (tertiary/aromatic N) is 5. The standard InChI is InChI=1S/C17H16BrN5O4S2/c1-17(2,3)27-16(24)22-12-8-11(5-4-10(12)9-19-22)23(29(25)26)14-13(18)20-15-21(14)6-7-28-15/h4-9H,1-3H3,(H,25,26). The van der Waals surface area contributed by atoms with Gasteiger partial charge in [0.2, 0.25) is 0 Å². The molecule has 0 saturated carbocycles. The summed E-state index contributed by atoms with van der Waals surface area (Å²) >= 11 is 2.37. The van der Waals surface area contributed by atoms with E-state index in [0.29, 0.717) is 32.0 Å². The summed E-state index contributed by atoms with van der Waals surface area (Å²) in [4.78, 5) is 17.5. The largest absolute Gasteiger partial charge is 0.442 e. The van der Waals surface area contributed by atoms with Crippen molar-refractivity contribution in [1.29, 1.82) is 0 Å². The average Bonchev–Trinajstić information content (AvgIpc) is 3.29. The third kappa shape index (κ3) is 3.68. The van der Waals surface area contributed by atoms with Crippen molar-refractivity contribution in [1.82, 2.24) is 19.2 Å². The molecule has 0 fully saturated rings. The van der Waals surface area contributed by atoms with Gasteiger partial charge in [-0.25, -0.2) is 18.3 Å². The van der Waals surface area contributed by atoms with Crippen molar-refractivity contribution in [3.8, 4) is 0 Å². The van der Waals surface area contributed by atoms with Gasteiger partial charge in [-0.05, 0) is 54.9 Å². The van der Waals surface area contributed by atoms with E-state index in [4.69, 9.17) is 4.74 Å². The molecule has 4 rings (SSSR count). The van der Waals surface area contributed by atoms with Crippen LogP contribution in [0.3, 0.4) is 0 Å². The Bertz CT molecular complexity index is 1260. The Labute approximate surface area is 180 Å². The van der Waals surface area contributed by atoms with Crippen molar-refractivity contribution >= 4 is 72.0 Å². The second-order valence-electron chi connectivity index (χ2n) is 7.09. The number of rotatable bonds is 3. The lowest BCUT2D eigenvalue weighted by Crippen LogP contribution is -2.27. The molecule has 0 bridgehead atoms. The molecule has 1 aromatic carbocycles. The molecular formula is C17H16BrN5O4S2. The SMILES string of the molecule is CC(C)(C)OC(=O)n1ncc2ccc(N(c3c(Br)nc4sccn34)S(=O)O)cc21. The number of hydrogen-bond donors (Lipinski definition) is 1. The number of ether oxygens (including phenoxy) is 1. The van der Waals surface area contributed by atoms with Gasteiger partial charge in [-0.3, -0.25) is 8.95 Å². The second kappa shape index (κ2) is 7.20. The Kier molecular flexibility index (Phi) is 4.97. The van der Waals surface area contributed by atoms with Crippen molar-refractivity contribution in [3.05, 3.63) is 40.6 Å². The molecule has 0 aliphatic heterocycles. The van der Waals surface area contributed by atoms with Crippen LogP contribution in [0.25, 0.3) is 15.9 Å². The van der Waals surface area contributed by atoms with Crippen LogP contribution in [0.2, 0.25) is 0 Å². The Balaban J connectivity index is 1.85. The number of carbonyl (C=O) groups is 1. The van der Waals surface area contributed by atoms with E-state index < -0.39 is 23.0 Å². The summed E-state index contributed by atoms with van der Waals surface area (Å²) in [5, 5.41) is 6.63. The second-order valence-corrected chi connectivity index (χ2v) is 9.54. The summed E-state index contributed by atoms with van der Waals surface area (Å²) in [5.41, 5.74) is 0.158. The highest BCUT2D eigenvalue weighted by Gasteiger charge is 2.26. The highest BCUT2D eigenvalue weighted by Crippen LogP contribution is 2.36. The van der Waals surface area contributed by atoms with Crippen LogP contribution in [0.4, 0.5) is 16.3 Å². The molecule has 0 aliphatic carbocycles. The molecule has 3 aromatic heterocycles. The van der Waals surface area contributed by atoms with Crippen LogP contribution in [0, 0.1) is 0 Å². The number of anilines is 2. The Morgan fingerprint density at radius 1 is 1.38 bits per heavy atom. The average molecular weight is 498 g/mol. The first-order valence-electron chi connectivity index (χ1n) is 8.39. The molecule has 152 valence electrons. The minimum Gasteiger partial charge on any atom is -0.442 e. The molecule has 12 heteroatoms. The zero-order valence-corrected chi connectivity index (χ0v) is 18.8. The molecular weight excluding hydrogens is 482 g/mol. The maximum atomic E-state index is 12.5. The lowest BCUT2D eigenvalue weighted by Gasteiger charge is -2.20. The molecule has 3 heterocycles. The van der Waals surface area contributed by atoms with Crippen molar-refractivity contribution in [2.24, 2.45) is 0 Å². The van der Waals surface area contributed by atoms with Gasteiger partial charge in [0.05, 0.1) is 17.4 Å². The first kappa shape index (κ1) is 20.0. The number of imidazole rings is 1. The van der Waals surface area contributed by atoms with E-state index in [1.807, 2.05) is 5.38 Å². The molecule has 0 radical (unpaired) electrons. The first-order valence-corrected chi connectivity index (χ1v) is 11.1. The monoisotopic (exact) mass is 497 g/mol. The number of aromatic nitrogens is 4. The van der Waals surface area contributed by atoms with Crippen LogP contribution in [0.15, 0.2) is 40.6 Å². The topological polar surface area (TPSA) is 102 Å². The maximum absolute atomic E-state index is 12.5. The molecule has 1 N–H and O–H groups in total. The highest BCUT2D eigenvalue weighted by atomic mass is 79.9. The molecule has 0 aliphatic rings. The lowest BCUT2D eigenvalue weighted by molar-refractivity contribution is 0.0523. The number of thiazole rings is 1. The van der Waals surface area contributed by atoms with Gasteiger partial charge in [0.25, 0.3) is 11.3 Å². The van der Waals surface area contributed by atoms with Gasteiger partial charge in [0.15, 0.2) is 15.4 Å². The van der Waals surface area contributed by atoms with E-state index in [1.54, 1.807) is 49.6 Å². The molecule has 9 nitrogen and oxygen atoms in total. The van der Waals surface area contributed by atoms with Gasteiger partial charge in [-0.15, -0.1) is 11.3 Å². The first-order chi connectivity index (χ1) is 13.7. The molecule has 0 amide bonds. The van der Waals surface area contributed by atoms with Crippen LogP contribution in [-0.2, 0) is 16.0 Å². The molecule has 0 spiro atoms. The highest BCUT2D eigenvalue weighted by molar-refractivity contribution is 9.10. The molecule has 1 unspecified atom stereocenters. The van der Waals surface area contributed by atoms with Crippen molar-refractivity contribution in [3.63, 3.8) is 0 Å².